The number of rotatable bonds is 4. The van der Waals surface area contributed by atoms with Crippen LogP contribution in [0.15, 0.2) is 53.4 Å². The Morgan fingerprint density at radius 2 is 2.00 bits per heavy atom. The molecule has 1 aromatic carbocycles. The molecule has 0 spiro atoms. The van der Waals surface area contributed by atoms with E-state index in [1.807, 2.05) is 37.3 Å². The van der Waals surface area contributed by atoms with Gasteiger partial charge in [-0.25, -0.2) is 4.79 Å². The fourth-order valence-corrected chi connectivity index (χ4v) is 4.78. The molecule has 1 saturated heterocycles. The van der Waals surface area contributed by atoms with Gasteiger partial charge in [-0.05, 0) is 30.7 Å². The molecule has 0 radical (unpaired) electrons. The lowest BCUT2D eigenvalue weighted by Gasteiger charge is -2.41. The zero-order valence-electron chi connectivity index (χ0n) is 17.4. The van der Waals surface area contributed by atoms with Crippen molar-refractivity contribution in [1.29, 1.82) is 0 Å². The Hall–Kier alpha value is -2.40. The van der Waals surface area contributed by atoms with Crippen molar-refractivity contribution in [2.45, 2.75) is 52.1 Å². The maximum atomic E-state index is 13.2. The van der Waals surface area contributed by atoms with E-state index < -0.39 is 0 Å². The summed E-state index contributed by atoms with van der Waals surface area (Å²) in [6.45, 7) is 7.00. The molecular weight excluding hydrogens is 366 g/mol. The van der Waals surface area contributed by atoms with Crippen LogP contribution in [0.3, 0.4) is 0 Å². The van der Waals surface area contributed by atoms with E-state index in [2.05, 4.69) is 25.2 Å². The number of fused-ring (bicyclic) bond motifs is 1. The van der Waals surface area contributed by atoms with Crippen LogP contribution in [-0.2, 0) is 19.1 Å². The van der Waals surface area contributed by atoms with E-state index in [-0.39, 0.29) is 41.7 Å². The summed E-state index contributed by atoms with van der Waals surface area (Å²) < 4.78 is 11.2. The van der Waals surface area contributed by atoms with Crippen molar-refractivity contribution >= 4 is 11.8 Å². The predicted molar refractivity (Wildman–Crippen MR) is 110 cm³/mol. The molecular formula is C24H29NO4. The average molecular weight is 395 g/mol. The molecule has 1 N–H and O–H groups in total. The van der Waals surface area contributed by atoms with Gasteiger partial charge in [0.2, 0.25) is 0 Å². The van der Waals surface area contributed by atoms with Crippen molar-refractivity contribution in [3.8, 4) is 0 Å². The van der Waals surface area contributed by atoms with Crippen LogP contribution in [0.5, 0.6) is 0 Å². The SMILES string of the molecule is CC1=C(C(=O)OCC2CCCO2)C(c2ccccc2)C2C(=O)CC(C)(C)C=C2N1. The summed E-state index contributed by atoms with van der Waals surface area (Å²) in [5.74, 6) is -0.939. The molecule has 5 nitrogen and oxygen atoms in total. The molecule has 3 atom stereocenters. The van der Waals surface area contributed by atoms with E-state index in [1.54, 1.807) is 0 Å². The molecule has 3 aliphatic rings. The van der Waals surface area contributed by atoms with Gasteiger partial charge < -0.3 is 14.8 Å². The summed E-state index contributed by atoms with van der Waals surface area (Å²) in [4.78, 5) is 26.3. The number of carbonyl (C=O) groups excluding carboxylic acids is 2. The fourth-order valence-electron chi connectivity index (χ4n) is 4.78. The molecule has 29 heavy (non-hydrogen) atoms. The maximum Gasteiger partial charge on any atom is 0.336 e. The highest BCUT2D eigenvalue weighted by atomic mass is 16.6. The summed E-state index contributed by atoms with van der Waals surface area (Å²) in [5, 5.41) is 3.35. The van der Waals surface area contributed by atoms with Gasteiger partial charge in [0.1, 0.15) is 12.4 Å². The molecule has 1 aromatic rings. The second-order valence-corrected chi connectivity index (χ2v) is 8.99. The normalized spacial score (nSPS) is 28.4. The maximum absolute atomic E-state index is 13.2. The number of ether oxygens (including phenoxy) is 2. The van der Waals surface area contributed by atoms with Crippen LogP contribution >= 0.6 is 0 Å². The van der Waals surface area contributed by atoms with Crippen LogP contribution in [0.4, 0.5) is 0 Å². The predicted octanol–water partition coefficient (Wildman–Crippen LogP) is 3.87. The zero-order valence-corrected chi connectivity index (χ0v) is 17.4. The van der Waals surface area contributed by atoms with Gasteiger partial charge in [0.05, 0.1) is 17.6 Å². The lowest BCUT2D eigenvalue weighted by atomic mass is 9.66. The minimum absolute atomic E-state index is 0.0286. The van der Waals surface area contributed by atoms with Gasteiger partial charge in [-0.3, -0.25) is 4.79 Å². The van der Waals surface area contributed by atoms with Gasteiger partial charge in [-0.1, -0.05) is 50.3 Å². The molecule has 2 heterocycles. The van der Waals surface area contributed by atoms with Crippen molar-refractivity contribution in [2.24, 2.45) is 11.3 Å². The molecule has 3 unspecified atom stereocenters. The fraction of sp³-hybridized carbons (Fsp3) is 0.500. The molecule has 1 fully saturated rings. The molecule has 0 aromatic heterocycles. The summed E-state index contributed by atoms with van der Waals surface area (Å²) in [7, 11) is 0. The quantitative estimate of drug-likeness (QED) is 0.784. The third-order valence-corrected chi connectivity index (χ3v) is 6.04. The number of benzene rings is 1. The summed E-state index contributed by atoms with van der Waals surface area (Å²) >= 11 is 0. The van der Waals surface area contributed by atoms with Gasteiger partial charge in [0.25, 0.3) is 0 Å². The van der Waals surface area contributed by atoms with Crippen LogP contribution in [-0.4, -0.2) is 31.1 Å². The smallest absolute Gasteiger partial charge is 0.336 e. The Kier molecular flexibility index (Phi) is 5.34. The number of nitrogens with one attached hydrogen (secondary N) is 1. The van der Waals surface area contributed by atoms with Gasteiger partial charge in [0.15, 0.2) is 0 Å². The minimum Gasteiger partial charge on any atom is -0.460 e. The first-order valence-electron chi connectivity index (χ1n) is 10.4. The first kappa shape index (κ1) is 19.9. The average Bonchev–Trinajstić information content (AvgIpc) is 3.18. The van der Waals surface area contributed by atoms with Crippen LogP contribution < -0.4 is 5.32 Å². The Labute approximate surface area is 172 Å². The van der Waals surface area contributed by atoms with Crippen molar-refractivity contribution in [3.63, 3.8) is 0 Å². The number of ketones is 1. The molecule has 2 aliphatic heterocycles. The first-order valence-corrected chi connectivity index (χ1v) is 10.4. The molecule has 0 saturated carbocycles. The number of Topliss-reactive ketones (excluding diaryl/α,β-unsaturated/α-hetero) is 1. The Morgan fingerprint density at radius 3 is 2.69 bits per heavy atom. The Morgan fingerprint density at radius 1 is 1.24 bits per heavy atom. The van der Waals surface area contributed by atoms with Gasteiger partial charge in [-0.15, -0.1) is 0 Å². The Bertz CT molecular complexity index is 862. The molecule has 5 heteroatoms. The molecule has 0 amide bonds. The van der Waals surface area contributed by atoms with E-state index >= 15 is 0 Å². The van der Waals surface area contributed by atoms with E-state index in [9.17, 15) is 9.59 Å². The van der Waals surface area contributed by atoms with Gasteiger partial charge in [-0.2, -0.15) is 0 Å². The highest BCUT2D eigenvalue weighted by molar-refractivity contribution is 5.96. The van der Waals surface area contributed by atoms with Crippen LogP contribution in [0.1, 0.15) is 51.5 Å². The molecule has 1 aliphatic carbocycles. The topological polar surface area (TPSA) is 64.6 Å². The lowest BCUT2D eigenvalue weighted by molar-refractivity contribution is -0.143. The van der Waals surface area contributed by atoms with Crippen LogP contribution in [0.25, 0.3) is 0 Å². The highest BCUT2D eigenvalue weighted by Crippen LogP contribution is 2.46. The second kappa shape index (κ2) is 7.79. The van der Waals surface area contributed by atoms with Crippen molar-refractivity contribution in [1.82, 2.24) is 5.32 Å². The number of carbonyl (C=O) groups is 2. The van der Waals surface area contributed by atoms with E-state index in [4.69, 9.17) is 9.47 Å². The third kappa shape index (κ3) is 4.01. The summed E-state index contributed by atoms with van der Waals surface area (Å²) in [6, 6.07) is 9.81. The molecule has 0 bridgehead atoms. The standard InChI is InChI=1S/C24H29NO4/c1-15-20(23(27)29-14-17-10-7-11-28-17)21(16-8-5-4-6-9-16)22-18(25-15)12-24(2,3)13-19(22)26/h4-6,8-9,12,17,21-22,25H,7,10-11,13-14H2,1-3H3. The van der Waals surface area contributed by atoms with E-state index in [1.165, 1.54) is 0 Å². The lowest BCUT2D eigenvalue weighted by Crippen LogP contribution is -2.43. The van der Waals surface area contributed by atoms with Crippen molar-refractivity contribution in [3.05, 3.63) is 58.9 Å². The van der Waals surface area contributed by atoms with E-state index in [0.717, 1.165) is 36.4 Å². The monoisotopic (exact) mass is 395 g/mol. The van der Waals surface area contributed by atoms with E-state index in [0.29, 0.717) is 12.0 Å². The number of hydrogen-bond donors (Lipinski definition) is 1. The third-order valence-electron chi connectivity index (χ3n) is 6.04. The van der Waals surface area contributed by atoms with Gasteiger partial charge >= 0.3 is 5.97 Å². The van der Waals surface area contributed by atoms with Crippen molar-refractivity contribution in [2.75, 3.05) is 13.2 Å². The Balaban J connectivity index is 1.71. The number of allylic oxidation sites excluding steroid dienone is 3. The first-order chi connectivity index (χ1) is 13.9. The summed E-state index contributed by atoms with van der Waals surface area (Å²) in [5.41, 5.74) is 2.96. The molecule has 154 valence electrons. The van der Waals surface area contributed by atoms with Crippen molar-refractivity contribution < 1.29 is 19.1 Å². The van der Waals surface area contributed by atoms with Crippen LogP contribution in [0.2, 0.25) is 0 Å². The van der Waals surface area contributed by atoms with Crippen LogP contribution in [0, 0.1) is 11.3 Å². The number of hydrogen-bond acceptors (Lipinski definition) is 5. The largest absolute Gasteiger partial charge is 0.460 e. The number of esters is 1. The highest BCUT2D eigenvalue weighted by Gasteiger charge is 2.46. The second-order valence-electron chi connectivity index (χ2n) is 8.99. The zero-order chi connectivity index (χ0) is 20.6. The summed E-state index contributed by atoms with van der Waals surface area (Å²) in [6.07, 6.45) is 4.49. The van der Waals surface area contributed by atoms with Gasteiger partial charge in [0, 0.05) is 30.3 Å². The minimum atomic E-state index is -0.389. The molecule has 4 rings (SSSR count).